The van der Waals surface area contributed by atoms with Crippen molar-refractivity contribution < 1.29 is 4.74 Å². The molecule has 1 aromatic heterocycles. The first-order valence-corrected chi connectivity index (χ1v) is 7.04. The van der Waals surface area contributed by atoms with Gasteiger partial charge in [0.25, 0.3) is 0 Å². The van der Waals surface area contributed by atoms with Gasteiger partial charge < -0.3 is 10.1 Å². The molecule has 0 aliphatic rings. The predicted octanol–water partition coefficient (Wildman–Crippen LogP) is 5.29. The van der Waals surface area contributed by atoms with Crippen molar-refractivity contribution in [3.63, 3.8) is 0 Å². The Morgan fingerprint density at radius 1 is 1.21 bits per heavy atom. The van der Waals surface area contributed by atoms with Crippen molar-refractivity contribution in [2.75, 3.05) is 12.4 Å². The van der Waals surface area contributed by atoms with Gasteiger partial charge in [0, 0.05) is 11.5 Å². The fourth-order valence-electron chi connectivity index (χ4n) is 1.48. The van der Waals surface area contributed by atoms with Crippen molar-refractivity contribution in [2.45, 2.75) is 6.92 Å². The quantitative estimate of drug-likeness (QED) is 0.806. The molecule has 1 aromatic carbocycles. The highest BCUT2D eigenvalue weighted by Gasteiger charge is 2.12. The molecule has 0 amide bonds. The summed E-state index contributed by atoms with van der Waals surface area (Å²) in [6, 6.07) is 7.35. The second-order valence-electron chi connectivity index (χ2n) is 3.87. The molecule has 19 heavy (non-hydrogen) atoms. The third-order valence-electron chi connectivity index (χ3n) is 2.49. The van der Waals surface area contributed by atoms with Crippen LogP contribution in [-0.4, -0.2) is 12.0 Å². The molecule has 0 aliphatic carbocycles. The molecule has 2 aromatic rings. The van der Waals surface area contributed by atoms with Crippen LogP contribution in [0.25, 0.3) is 0 Å². The number of aromatic nitrogens is 1. The van der Waals surface area contributed by atoms with Crippen LogP contribution >= 0.6 is 39.1 Å². The molecule has 6 heteroatoms. The molecule has 0 atom stereocenters. The first-order valence-electron chi connectivity index (χ1n) is 5.49. The van der Waals surface area contributed by atoms with Gasteiger partial charge in [-0.15, -0.1) is 0 Å². The first-order chi connectivity index (χ1) is 9.01. The molecule has 0 unspecified atom stereocenters. The van der Waals surface area contributed by atoms with E-state index < -0.39 is 0 Å². The van der Waals surface area contributed by atoms with E-state index in [1.165, 1.54) is 0 Å². The molecule has 0 saturated heterocycles. The second-order valence-corrected chi connectivity index (χ2v) is 5.60. The summed E-state index contributed by atoms with van der Waals surface area (Å²) in [6.45, 7) is 1.95. The fourth-order valence-corrected chi connectivity index (χ4v) is 2.32. The van der Waals surface area contributed by atoms with Crippen LogP contribution in [0.3, 0.4) is 0 Å². The van der Waals surface area contributed by atoms with Gasteiger partial charge in [-0.2, -0.15) is 4.98 Å². The minimum Gasteiger partial charge on any atom is -0.437 e. The zero-order valence-corrected chi connectivity index (χ0v) is 13.4. The van der Waals surface area contributed by atoms with E-state index in [4.69, 9.17) is 27.9 Å². The Bertz CT molecular complexity index is 620. The van der Waals surface area contributed by atoms with E-state index in [1.54, 1.807) is 13.1 Å². The molecular weight excluding hydrogens is 351 g/mol. The third kappa shape index (κ3) is 3.32. The number of pyridine rings is 1. The highest BCUT2D eigenvalue weighted by atomic mass is 79.9. The maximum absolute atomic E-state index is 6.09. The topological polar surface area (TPSA) is 34.2 Å². The van der Waals surface area contributed by atoms with Crippen molar-refractivity contribution in [3.05, 3.63) is 44.3 Å². The van der Waals surface area contributed by atoms with Crippen molar-refractivity contribution in [3.8, 4) is 11.6 Å². The molecule has 0 saturated carbocycles. The normalized spacial score (nSPS) is 10.4. The fraction of sp³-hybridized carbons (Fsp3) is 0.154. The number of benzene rings is 1. The number of halogens is 3. The monoisotopic (exact) mass is 360 g/mol. The lowest BCUT2D eigenvalue weighted by Crippen LogP contribution is -1.97. The number of ether oxygens (including phenoxy) is 1. The van der Waals surface area contributed by atoms with E-state index in [9.17, 15) is 0 Å². The second kappa shape index (κ2) is 5.99. The molecule has 3 nitrogen and oxygen atoms in total. The lowest BCUT2D eigenvalue weighted by molar-refractivity contribution is 0.460. The molecule has 100 valence electrons. The van der Waals surface area contributed by atoms with Crippen LogP contribution < -0.4 is 10.1 Å². The summed E-state index contributed by atoms with van der Waals surface area (Å²) in [5.41, 5.74) is 0.988. The minimum atomic E-state index is 0.316. The van der Waals surface area contributed by atoms with Crippen LogP contribution in [0.5, 0.6) is 11.6 Å². The largest absolute Gasteiger partial charge is 0.437 e. The number of nitrogens with zero attached hydrogens (tertiary/aromatic N) is 1. The van der Waals surface area contributed by atoms with E-state index in [2.05, 4.69) is 26.2 Å². The Morgan fingerprint density at radius 2 is 1.95 bits per heavy atom. The Balaban J connectivity index is 2.40. The van der Waals surface area contributed by atoms with E-state index >= 15 is 0 Å². The molecule has 0 aliphatic heterocycles. The number of anilines is 1. The first kappa shape index (κ1) is 14.4. The van der Waals surface area contributed by atoms with E-state index in [0.717, 1.165) is 10.0 Å². The Kier molecular flexibility index (Phi) is 4.55. The zero-order chi connectivity index (χ0) is 14.0. The van der Waals surface area contributed by atoms with Gasteiger partial charge in [0.15, 0.2) is 0 Å². The van der Waals surface area contributed by atoms with Gasteiger partial charge >= 0.3 is 0 Å². The van der Waals surface area contributed by atoms with Gasteiger partial charge in [-0.05, 0) is 30.7 Å². The Labute approximate surface area is 130 Å². The Morgan fingerprint density at radius 3 is 2.63 bits per heavy atom. The van der Waals surface area contributed by atoms with Crippen LogP contribution in [0.2, 0.25) is 10.0 Å². The van der Waals surface area contributed by atoms with Crippen molar-refractivity contribution in [1.29, 1.82) is 0 Å². The SMILES string of the molecule is CNc1nc(Oc2cc(Br)ccc2C)c(Cl)cc1Cl. The summed E-state index contributed by atoms with van der Waals surface area (Å²) in [6.07, 6.45) is 0. The molecular formula is C13H11BrCl2N2O. The maximum Gasteiger partial charge on any atom is 0.240 e. The number of aryl methyl sites for hydroxylation is 1. The number of hydrogen-bond donors (Lipinski definition) is 1. The van der Waals surface area contributed by atoms with Crippen LogP contribution in [-0.2, 0) is 0 Å². The summed E-state index contributed by atoms with van der Waals surface area (Å²) in [4.78, 5) is 4.24. The van der Waals surface area contributed by atoms with Crippen molar-refractivity contribution >= 4 is 44.9 Å². The lowest BCUT2D eigenvalue weighted by Gasteiger charge is -2.11. The van der Waals surface area contributed by atoms with Gasteiger partial charge in [0.05, 0.1) is 5.02 Å². The van der Waals surface area contributed by atoms with Crippen molar-refractivity contribution in [2.24, 2.45) is 0 Å². The van der Waals surface area contributed by atoms with E-state index in [-0.39, 0.29) is 0 Å². The standard InChI is InChI=1S/C13H11BrCl2N2O/c1-7-3-4-8(14)5-11(7)19-13-10(16)6-9(15)12(17-2)18-13/h3-6H,1-2H3,(H,17,18). The molecule has 1 heterocycles. The van der Waals surface area contributed by atoms with E-state index in [0.29, 0.717) is 27.5 Å². The predicted molar refractivity (Wildman–Crippen MR) is 82.8 cm³/mol. The average molecular weight is 362 g/mol. The summed E-state index contributed by atoms with van der Waals surface area (Å²) in [5, 5.41) is 3.70. The van der Waals surface area contributed by atoms with Gasteiger partial charge in [-0.25, -0.2) is 0 Å². The summed E-state index contributed by atoms with van der Waals surface area (Å²) >= 11 is 15.5. The summed E-state index contributed by atoms with van der Waals surface area (Å²) in [7, 11) is 1.73. The Hall–Kier alpha value is -0.970. The number of nitrogens with one attached hydrogen (secondary N) is 1. The smallest absolute Gasteiger partial charge is 0.240 e. The maximum atomic E-state index is 6.09. The highest BCUT2D eigenvalue weighted by molar-refractivity contribution is 9.10. The molecule has 2 rings (SSSR count). The zero-order valence-electron chi connectivity index (χ0n) is 10.3. The van der Waals surface area contributed by atoms with Crippen molar-refractivity contribution in [1.82, 2.24) is 4.98 Å². The molecule has 0 bridgehead atoms. The highest BCUT2D eigenvalue weighted by Crippen LogP contribution is 2.35. The van der Waals surface area contributed by atoms with Crippen LogP contribution in [0.4, 0.5) is 5.82 Å². The summed E-state index contributed by atoms with van der Waals surface area (Å²) < 4.78 is 6.67. The van der Waals surface area contributed by atoms with Crippen LogP contribution in [0.15, 0.2) is 28.7 Å². The van der Waals surface area contributed by atoms with Crippen LogP contribution in [0.1, 0.15) is 5.56 Å². The van der Waals surface area contributed by atoms with Gasteiger partial charge in [0.1, 0.15) is 16.6 Å². The molecule has 0 radical (unpaired) electrons. The summed E-state index contributed by atoms with van der Waals surface area (Å²) in [5.74, 6) is 1.53. The number of rotatable bonds is 3. The van der Waals surface area contributed by atoms with Crippen LogP contribution in [0, 0.1) is 6.92 Å². The number of hydrogen-bond acceptors (Lipinski definition) is 3. The van der Waals surface area contributed by atoms with Gasteiger partial charge in [0.2, 0.25) is 5.88 Å². The van der Waals surface area contributed by atoms with E-state index in [1.807, 2.05) is 25.1 Å². The minimum absolute atomic E-state index is 0.316. The molecule has 0 fully saturated rings. The molecule has 1 N–H and O–H groups in total. The van der Waals surface area contributed by atoms with Gasteiger partial charge in [-0.3, -0.25) is 0 Å². The lowest BCUT2D eigenvalue weighted by atomic mass is 10.2. The average Bonchev–Trinajstić information content (AvgIpc) is 2.37. The molecule has 0 spiro atoms. The van der Waals surface area contributed by atoms with Gasteiger partial charge in [-0.1, -0.05) is 45.2 Å². The third-order valence-corrected chi connectivity index (χ3v) is 3.54.